The summed E-state index contributed by atoms with van der Waals surface area (Å²) in [5.74, 6) is -3.54. The summed E-state index contributed by atoms with van der Waals surface area (Å²) >= 11 is 0. The van der Waals surface area contributed by atoms with Crippen LogP contribution in [0, 0.1) is 12.3 Å². The molecule has 2 heterocycles. The molecule has 10 N–H and O–H groups in total. The maximum Gasteiger partial charge on any atom is 0.328 e. The largest absolute Gasteiger partial charge is 0.480 e. The fourth-order valence-electron chi connectivity index (χ4n) is 4.18. The monoisotopic (exact) mass is 565 g/mol. The number of rotatable bonds is 14. The summed E-state index contributed by atoms with van der Waals surface area (Å²) in [5, 5.41) is 27.2. The van der Waals surface area contributed by atoms with Gasteiger partial charge < -0.3 is 37.8 Å². The van der Waals surface area contributed by atoms with Gasteiger partial charge in [0.05, 0.1) is 11.7 Å². The summed E-state index contributed by atoms with van der Waals surface area (Å²) in [5.41, 5.74) is 13.5. The minimum absolute atomic E-state index is 0.107. The lowest BCUT2D eigenvalue weighted by atomic mass is 10.0. The van der Waals surface area contributed by atoms with E-state index in [9.17, 15) is 24.3 Å². The van der Waals surface area contributed by atoms with Crippen molar-refractivity contribution in [3.63, 3.8) is 0 Å². The third kappa shape index (κ3) is 8.76. The van der Waals surface area contributed by atoms with Gasteiger partial charge in [0.25, 0.3) is 5.91 Å². The molecule has 0 aliphatic rings. The van der Waals surface area contributed by atoms with Crippen LogP contribution in [0.5, 0.6) is 0 Å². The standard InChI is InChI=1S/C27H35N9O5/c1-16-22(36-13-6-5-11-21(36)33-16)25(39)32-15-20(26(40)41)35-24(38)19(10-7-12-31-27(29)30)34-23(37)18(28)14-17-8-3-2-4-9-17/h2-6,8-9,11,13,18-20H,7,10,12,14-15,28H2,1H3,(H,32,39)(H,34,37)(H,35,38)(H,40,41)(H4,29,30,31)/t18-,19-,20-/m0/s1. The number of nitrogens with zero attached hydrogens (tertiary/aromatic N) is 2. The van der Waals surface area contributed by atoms with Gasteiger partial charge in [0.15, 0.2) is 5.96 Å². The van der Waals surface area contributed by atoms with E-state index < -0.39 is 48.4 Å². The Labute approximate surface area is 236 Å². The molecule has 0 bridgehead atoms. The van der Waals surface area contributed by atoms with Crippen molar-refractivity contribution in [2.45, 2.75) is 44.3 Å². The van der Waals surface area contributed by atoms with Crippen molar-refractivity contribution < 1.29 is 24.3 Å². The molecule has 14 heteroatoms. The molecule has 0 spiro atoms. The first-order chi connectivity index (χ1) is 19.6. The van der Waals surface area contributed by atoms with Gasteiger partial charge in [0.1, 0.15) is 23.4 Å². The number of amides is 3. The van der Waals surface area contributed by atoms with Crippen LogP contribution in [-0.2, 0) is 20.8 Å². The predicted molar refractivity (Wildman–Crippen MR) is 151 cm³/mol. The number of nitrogens with one attached hydrogen (secondary N) is 5. The molecule has 0 radical (unpaired) electrons. The Morgan fingerprint density at radius 1 is 1.00 bits per heavy atom. The second-order valence-electron chi connectivity index (χ2n) is 9.42. The number of aliphatic carboxylic acids is 1. The quantitative estimate of drug-likeness (QED) is 0.0698. The van der Waals surface area contributed by atoms with Crippen LogP contribution in [0.4, 0.5) is 0 Å². The normalized spacial score (nSPS) is 13.0. The van der Waals surface area contributed by atoms with Crippen molar-refractivity contribution >= 4 is 35.3 Å². The number of hydrogen-bond acceptors (Lipinski definition) is 7. The molecular weight excluding hydrogens is 530 g/mol. The molecule has 41 heavy (non-hydrogen) atoms. The van der Waals surface area contributed by atoms with Gasteiger partial charge in [0.2, 0.25) is 11.8 Å². The van der Waals surface area contributed by atoms with Crippen molar-refractivity contribution in [3.8, 4) is 0 Å². The van der Waals surface area contributed by atoms with E-state index in [0.717, 1.165) is 5.56 Å². The summed E-state index contributed by atoms with van der Waals surface area (Å²) in [4.78, 5) is 55.2. The van der Waals surface area contributed by atoms with Crippen LogP contribution >= 0.6 is 0 Å². The zero-order valence-corrected chi connectivity index (χ0v) is 22.6. The molecule has 0 saturated heterocycles. The number of aromatic nitrogens is 2. The molecule has 3 amide bonds. The molecule has 2 aromatic heterocycles. The van der Waals surface area contributed by atoms with E-state index in [2.05, 4.69) is 26.3 Å². The first kappa shape index (κ1) is 30.6. The average molecular weight is 566 g/mol. The van der Waals surface area contributed by atoms with Crippen LogP contribution in [0.2, 0.25) is 0 Å². The van der Waals surface area contributed by atoms with Crippen molar-refractivity contribution in [3.05, 3.63) is 71.7 Å². The summed E-state index contributed by atoms with van der Waals surface area (Å²) in [6.45, 7) is 1.50. The lowest BCUT2D eigenvalue weighted by molar-refractivity contribution is -0.142. The maximum atomic E-state index is 13.2. The second kappa shape index (κ2) is 14.4. The molecular formula is C27H35N9O5. The van der Waals surface area contributed by atoms with E-state index in [0.29, 0.717) is 17.8 Å². The number of guanidine groups is 1. The van der Waals surface area contributed by atoms with Crippen LogP contribution in [0.3, 0.4) is 0 Å². The highest BCUT2D eigenvalue weighted by molar-refractivity contribution is 5.95. The highest BCUT2D eigenvalue weighted by Crippen LogP contribution is 2.11. The average Bonchev–Trinajstić information content (AvgIpc) is 3.28. The molecule has 0 aliphatic heterocycles. The molecule has 3 aromatic rings. The lowest BCUT2D eigenvalue weighted by Crippen LogP contribution is -2.56. The van der Waals surface area contributed by atoms with E-state index in [4.69, 9.17) is 16.9 Å². The highest BCUT2D eigenvalue weighted by atomic mass is 16.4. The third-order valence-electron chi connectivity index (χ3n) is 6.25. The van der Waals surface area contributed by atoms with E-state index in [-0.39, 0.29) is 31.0 Å². The smallest absolute Gasteiger partial charge is 0.328 e. The second-order valence-corrected chi connectivity index (χ2v) is 9.42. The van der Waals surface area contributed by atoms with Gasteiger partial charge in [0, 0.05) is 19.3 Å². The Morgan fingerprint density at radius 3 is 2.37 bits per heavy atom. The molecule has 3 atom stereocenters. The molecule has 218 valence electrons. The zero-order chi connectivity index (χ0) is 29.9. The van der Waals surface area contributed by atoms with E-state index in [1.807, 2.05) is 30.3 Å². The van der Waals surface area contributed by atoms with Gasteiger partial charge >= 0.3 is 5.97 Å². The first-order valence-corrected chi connectivity index (χ1v) is 13.0. The van der Waals surface area contributed by atoms with Gasteiger partial charge in [-0.1, -0.05) is 36.4 Å². The number of imidazole rings is 1. The van der Waals surface area contributed by atoms with Crippen molar-refractivity contribution in [2.75, 3.05) is 13.1 Å². The van der Waals surface area contributed by atoms with Crippen LogP contribution in [0.15, 0.2) is 54.7 Å². The Balaban J connectivity index is 1.66. The van der Waals surface area contributed by atoms with Crippen LogP contribution in [0.25, 0.3) is 5.65 Å². The van der Waals surface area contributed by atoms with Crippen molar-refractivity contribution in [1.29, 1.82) is 5.41 Å². The minimum Gasteiger partial charge on any atom is -0.480 e. The Hall–Kier alpha value is -4.98. The number of nitrogens with two attached hydrogens (primary N) is 2. The van der Waals surface area contributed by atoms with E-state index >= 15 is 0 Å². The van der Waals surface area contributed by atoms with E-state index in [1.54, 1.807) is 35.7 Å². The number of carboxylic acid groups (broad SMARTS) is 1. The summed E-state index contributed by atoms with van der Waals surface area (Å²) in [6.07, 6.45) is 2.33. The number of carbonyl (C=O) groups is 4. The molecule has 14 nitrogen and oxygen atoms in total. The fraction of sp³-hybridized carbons (Fsp3) is 0.333. The van der Waals surface area contributed by atoms with Gasteiger partial charge in [-0.05, 0) is 43.9 Å². The molecule has 0 unspecified atom stereocenters. The molecule has 0 fully saturated rings. The molecule has 3 rings (SSSR count). The van der Waals surface area contributed by atoms with Crippen LogP contribution in [0.1, 0.15) is 34.6 Å². The van der Waals surface area contributed by atoms with E-state index in [1.165, 1.54) is 0 Å². The van der Waals surface area contributed by atoms with Crippen LogP contribution in [-0.4, -0.2) is 75.4 Å². The Bertz CT molecular complexity index is 1390. The number of aryl methyl sites for hydroxylation is 1. The van der Waals surface area contributed by atoms with Crippen LogP contribution < -0.4 is 32.7 Å². The number of carboxylic acids is 1. The summed E-state index contributed by atoms with van der Waals surface area (Å²) in [6, 6.07) is 10.8. The van der Waals surface area contributed by atoms with Crippen molar-refractivity contribution in [1.82, 2.24) is 30.7 Å². The number of benzene rings is 1. The molecule has 1 aromatic carbocycles. The fourth-order valence-corrected chi connectivity index (χ4v) is 4.18. The number of pyridine rings is 1. The highest BCUT2D eigenvalue weighted by Gasteiger charge is 2.29. The lowest BCUT2D eigenvalue weighted by Gasteiger charge is -2.23. The number of carbonyl (C=O) groups excluding carboxylic acids is 3. The molecule has 0 saturated carbocycles. The van der Waals surface area contributed by atoms with Gasteiger partial charge in [-0.25, -0.2) is 9.78 Å². The topological polar surface area (TPSA) is 230 Å². The minimum atomic E-state index is -1.49. The summed E-state index contributed by atoms with van der Waals surface area (Å²) in [7, 11) is 0. The number of hydrogen-bond donors (Lipinski definition) is 8. The van der Waals surface area contributed by atoms with Gasteiger partial charge in [-0.15, -0.1) is 0 Å². The van der Waals surface area contributed by atoms with Gasteiger partial charge in [-0.3, -0.25) is 24.2 Å². The predicted octanol–water partition coefficient (Wildman–Crippen LogP) is -0.740. The van der Waals surface area contributed by atoms with Crippen molar-refractivity contribution in [2.24, 2.45) is 11.5 Å². The number of fused-ring (bicyclic) bond motifs is 1. The summed E-state index contributed by atoms with van der Waals surface area (Å²) < 4.78 is 1.58. The Kier molecular flexibility index (Phi) is 10.7. The molecule has 0 aliphatic carbocycles. The Morgan fingerprint density at radius 2 is 1.68 bits per heavy atom. The maximum absolute atomic E-state index is 13.2. The van der Waals surface area contributed by atoms with Gasteiger partial charge in [-0.2, -0.15) is 0 Å². The third-order valence-corrected chi connectivity index (χ3v) is 6.25. The zero-order valence-electron chi connectivity index (χ0n) is 22.6. The SMILES string of the molecule is Cc1nc2ccccn2c1C(=O)NC[C@H](NC(=O)[C@H](CCCNC(=N)N)NC(=O)[C@@H](N)Cc1ccccc1)C(=O)O. The first-order valence-electron chi connectivity index (χ1n) is 13.0.